The van der Waals surface area contributed by atoms with E-state index in [1.165, 1.54) is 10.8 Å². The van der Waals surface area contributed by atoms with Gasteiger partial charge < -0.3 is 15.0 Å². The molecule has 0 bridgehead atoms. The molecular weight excluding hydrogens is 418 g/mol. The number of ether oxygens (including phenoxy) is 1. The van der Waals surface area contributed by atoms with Crippen molar-refractivity contribution < 1.29 is 4.74 Å². The lowest BCUT2D eigenvalue weighted by atomic mass is 10.0. The molecule has 0 aliphatic rings. The summed E-state index contributed by atoms with van der Waals surface area (Å²) >= 11 is 6.31. The average Bonchev–Trinajstić information content (AvgIpc) is 3.24. The number of H-pyrrole nitrogens is 1. The second kappa shape index (κ2) is 9.43. The molecule has 32 heavy (non-hydrogen) atoms. The number of imidazole rings is 1. The first kappa shape index (κ1) is 20.6. The van der Waals surface area contributed by atoms with Crippen LogP contribution in [0, 0.1) is 0 Å². The summed E-state index contributed by atoms with van der Waals surface area (Å²) in [5, 5.41) is 6.69. The molecule has 0 atom stereocenters. The number of hydrogen-bond donors (Lipinski definition) is 2. The molecule has 0 amide bonds. The lowest BCUT2D eigenvalue weighted by Gasteiger charge is -2.15. The lowest BCUT2D eigenvalue weighted by Crippen LogP contribution is -2.18. The Hall–Kier alpha value is -3.34. The summed E-state index contributed by atoms with van der Waals surface area (Å²) in [5.41, 5.74) is 4.21. The summed E-state index contributed by atoms with van der Waals surface area (Å²) in [7, 11) is 0. The molecule has 5 rings (SSSR count). The van der Waals surface area contributed by atoms with Gasteiger partial charge >= 0.3 is 0 Å². The van der Waals surface area contributed by atoms with Crippen molar-refractivity contribution in [1.29, 1.82) is 0 Å². The number of nitrogens with zero attached hydrogens (tertiary/aromatic N) is 1. The van der Waals surface area contributed by atoms with Crippen LogP contribution in [0.15, 0.2) is 84.9 Å². The molecule has 0 radical (unpaired) electrons. The molecule has 0 saturated carbocycles. The highest BCUT2D eigenvalue weighted by atomic mass is 35.5. The SMILES string of the molecule is Clc1ccccc1COc1ccc2ccccc2c1CNCCc1nc2ccccc2[nH]1. The molecule has 2 N–H and O–H groups in total. The number of nitrogens with one attached hydrogen (secondary N) is 2. The fraction of sp³-hybridized carbons (Fsp3) is 0.148. The molecule has 1 heterocycles. The molecule has 0 saturated heterocycles. The minimum atomic E-state index is 0.435. The van der Waals surface area contributed by atoms with E-state index >= 15 is 0 Å². The van der Waals surface area contributed by atoms with Crippen LogP contribution >= 0.6 is 11.6 Å². The molecule has 0 spiro atoms. The molecule has 160 valence electrons. The molecule has 5 aromatic rings. The maximum absolute atomic E-state index is 6.31. The van der Waals surface area contributed by atoms with Gasteiger partial charge in [-0.2, -0.15) is 0 Å². The molecule has 5 heteroatoms. The van der Waals surface area contributed by atoms with Gasteiger partial charge in [-0.05, 0) is 35.0 Å². The molecular formula is C27H24ClN3O. The van der Waals surface area contributed by atoms with Crippen molar-refractivity contribution in [1.82, 2.24) is 15.3 Å². The van der Waals surface area contributed by atoms with Gasteiger partial charge in [0.15, 0.2) is 0 Å². The van der Waals surface area contributed by atoms with Crippen molar-refractivity contribution in [2.24, 2.45) is 0 Å². The smallest absolute Gasteiger partial charge is 0.124 e. The van der Waals surface area contributed by atoms with Crippen LogP contribution in [0.2, 0.25) is 5.02 Å². The Morgan fingerprint density at radius 3 is 2.59 bits per heavy atom. The predicted octanol–water partition coefficient (Wildman–Crippen LogP) is 6.28. The summed E-state index contributed by atoms with van der Waals surface area (Å²) in [4.78, 5) is 8.05. The van der Waals surface area contributed by atoms with E-state index in [1.807, 2.05) is 42.5 Å². The largest absolute Gasteiger partial charge is 0.488 e. The lowest BCUT2D eigenvalue weighted by molar-refractivity contribution is 0.303. The summed E-state index contributed by atoms with van der Waals surface area (Å²) in [6.45, 7) is 1.95. The van der Waals surface area contributed by atoms with Crippen molar-refractivity contribution in [2.45, 2.75) is 19.6 Å². The molecule has 0 unspecified atom stereocenters. The predicted molar refractivity (Wildman–Crippen MR) is 131 cm³/mol. The van der Waals surface area contributed by atoms with E-state index in [4.69, 9.17) is 16.3 Å². The monoisotopic (exact) mass is 441 g/mol. The number of benzene rings is 4. The van der Waals surface area contributed by atoms with Crippen LogP contribution in [0.5, 0.6) is 5.75 Å². The van der Waals surface area contributed by atoms with Crippen LogP contribution in [0.4, 0.5) is 0 Å². The highest BCUT2D eigenvalue weighted by molar-refractivity contribution is 6.31. The van der Waals surface area contributed by atoms with Crippen LogP contribution in [0.3, 0.4) is 0 Å². The third kappa shape index (κ3) is 4.47. The minimum absolute atomic E-state index is 0.435. The molecule has 0 aliphatic carbocycles. The van der Waals surface area contributed by atoms with Gasteiger partial charge in [-0.25, -0.2) is 4.98 Å². The van der Waals surface area contributed by atoms with Crippen LogP contribution in [0.25, 0.3) is 21.8 Å². The number of halogens is 1. The van der Waals surface area contributed by atoms with Gasteiger partial charge in [-0.3, -0.25) is 0 Å². The number of rotatable bonds is 8. The van der Waals surface area contributed by atoms with E-state index in [-0.39, 0.29) is 0 Å². The third-order valence-electron chi connectivity index (χ3n) is 5.62. The fourth-order valence-electron chi connectivity index (χ4n) is 3.95. The number of fused-ring (bicyclic) bond motifs is 2. The highest BCUT2D eigenvalue weighted by Crippen LogP contribution is 2.29. The molecule has 0 aliphatic heterocycles. The van der Waals surface area contributed by atoms with Gasteiger partial charge in [0.1, 0.15) is 18.2 Å². The van der Waals surface area contributed by atoms with E-state index < -0.39 is 0 Å². The molecule has 1 aromatic heterocycles. The average molecular weight is 442 g/mol. The number of para-hydroxylation sites is 2. The maximum Gasteiger partial charge on any atom is 0.124 e. The summed E-state index contributed by atoms with van der Waals surface area (Å²) < 4.78 is 6.22. The van der Waals surface area contributed by atoms with Crippen molar-refractivity contribution in [2.75, 3.05) is 6.54 Å². The number of aromatic nitrogens is 2. The normalized spacial score (nSPS) is 11.3. The van der Waals surface area contributed by atoms with Gasteiger partial charge in [0.25, 0.3) is 0 Å². The van der Waals surface area contributed by atoms with Gasteiger partial charge in [0.05, 0.1) is 11.0 Å². The second-order valence-electron chi connectivity index (χ2n) is 7.77. The van der Waals surface area contributed by atoms with Gasteiger partial charge in [0.2, 0.25) is 0 Å². The topological polar surface area (TPSA) is 49.9 Å². The van der Waals surface area contributed by atoms with Crippen molar-refractivity contribution in [3.63, 3.8) is 0 Å². The maximum atomic E-state index is 6.31. The van der Waals surface area contributed by atoms with Crippen LogP contribution in [-0.2, 0) is 19.6 Å². The van der Waals surface area contributed by atoms with E-state index in [1.54, 1.807) is 0 Å². The second-order valence-corrected chi connectivity index (χ2v) is 8.18. The van der Waals surface area contributed by atoms with E-state index in [0.29, 0.717) is 13.2 Å². The van der Waals surface area contributed by atoms with Crippen molar-refractivity contribution in [3.8, 4) is 5.75 Å². The number of hydrogen-bond acceptors (Lipinski definition) is 3. The summed E-state index contributed by atoms with van der Waals surface area (Å²) in [5.74, 6) is 1.87. The highest BCUT2D eigenvalue weighted by Gasteiger charge is 2.10. The van der Waals surface area contributed by atoms with Crippen molar-refractivity contribution >= 4 is 33.4 Å². The Morgan fingerprint density at radius 2 is 1.69 bits per heavy atom. The van der Waals surface area contributed by atoms with Crippen LogP contribution < -0.4 is 10.1 Å². The Morgan fingerprint density at radius 1 is 0.875 bits per heavy atom. The first-order chi connectivity index (χ1) is 15.8. The Balaban J connectivity index is 1.30. The zero-order chi connectivity index (χ0) is 21.8. The Kier molecular flexibility index (Phi) is 6.06. The fourth-order valence-corrected chi connectivity index (χ4v) is 4.14. The summed E-state index contributed by atoms with van der Waals surface area (Å²) in [6, 6.07) is 28.5. The van der Waals surface area contributed by atoms with Crippen LogP contribution in [0.1, 0.15) is 17.0 Å². The van der Waals surface area contributed by atoms with E-state index in [9.17, 15) is 0 Å². The quantitative estimate of drug-likeness (QED) is 0.278. The van der Waals surface area contributed by atoms with Gasteiger partial charge in [0, 0.05) is 35.7 Å². The van der Waals surface area contributed by atoms with Crippen molar-refractivity contribution in [3.05, 3.63) is 107 Å². The molecule has 0 fully saturated rings. The third-order valence-corrected chi connectivity index (χ3v) is 5.99. The summed E-state index contributed by atoms with van der Waals surface area (Å²) in [6.07, 6.45) is 0.829. The Labute approximate surface area is 192 Å². The Bertz CT molecular complexity index is 1330. The van der Waals surface area contributed by atoms with E-state index in [0.717, 1.165) is 51.7 Å². The minimum Gasteiger partial charge on any atom is -0.488 e. The van der Waals surface area contributed by atoms with Gasteiger partial charge in [-0.1, -0.05) is 72.3 Å². The zero-order valence-electron chi connectivity index (χ0n) is 17.6. The first-order valence-corrected chi connectivity index (χ1v) is 11.2. The van der Waals surface area contributed by atoms with Gasteiger partial charge in [-0.15, -0.1) is 0 Å². The zero-order valence-corrected chi connectivity index (χ0v) is 18.4. The van der Waals surface area contributed by atoms with E-state index in [2.05, 4.69) is 57.7 Å². The molecule has 4 nitrogen and oxygen atoms in total. The standard InChI is InChI=1S/C27H24ClN3O/c28-23-10-4-2-8-20(23)18-32-26-14-13-19-7-1-3-9-21(19)22(26)17-29-16-15-27-30-24-11-5-6-12-25(24)31-27/h1-14,29H,15-18H2,(H,30,31). The van der Waals surface area contributed by atoms with Crippen LogP contribution in [-0.4, -0.2) is 16.5 Å². The number of aromatic amines is 1. The molecule has 4 aromatic carbocycles. The first-order valence-electron chi connectivity index (χ1n) is 10.8.